The fourth-order valence-corrected chi connectivity index (χ4v) is 4.40. The van der Waals surface area contributed by atoms with Crippen LogP contribution in [0.1, 0.15) is 11.1 Å². The van der Waals surface area contributed by atoms with Crippen molar-refractivity contribution in [2.45, 2.75) is 6.61 Å². The Morgan fingerprint density at radius 1 is 1.17 bits per heavy atom. The maximum Gasteiger partial charge on any atom is 0.266 e. The lowest BCUT2D eigenvalue weighted by Crippen LogP contribution is -2.32. The zero-order valence-electron chi connectivity index (χ0n) is 14.9. The summed E-state index contributed by atoms with van der Waals surface area (Å²) in [7, 11) is -4.17. The minimum absolute atomic E-state index is 0.185. The first-order valence-electron chi connectivity index (χ1n) is 8.40. The first-order chi connectivity index (χ1) is 13.7. The smallest absolute Gasteiger partial charge is 0.266 e. The van der Waals surface area contributed by atoms with Gasteiger partial charge in [0.15, 0.2) is 0 Å². The van der Waals surface area contributed by atoms with Gasteiger partial charge in [-0.3, -0.25) is 14.2 Å². The van der Waals surface area contributed by atoms with Crippen molar-refractivity contribution < 1.29 is 22.5 Å². The summed E-state index contributed by atoms with van der Waals surface area (Å²) in [5.41, 5.74) is 1.65. The molecule has 0 atom stereocenters. The number of benzene rings is 2. The van der Waals surface area contributed by atoms with Crippen molar-refractivity contribution >= 4 is 62.0 Å². The van der Waals surface area contributed by atoms with E-state index < -0.39 is 15.9 Å². The highest BCUT2D eigenvalue weighted by atomic mass is 35.5. The summed E-state index contributed by atoms with van der Waals surface area (Å²) in [4.78, 5) is 14.0. The number of carbonyl (C=O) groups is 1. The lowest BCUT2D eigenvalue weighted by Gasteiger charge is -2.12. The fourth-order valence-electron chi connectivity index (χ4n) is 2.49. The standard InChI is InChI=1S/C19H16ClNO5S3/c20-16-4-2-1-3-14(16)12-26-15-7-5-13(6-8-15)11-17-18(22)21(19(27)28-17)9-10-29(23,24)25/h1-8,11H,9-10,12H2,(H,23,24,25). The van der Waals surface area contributed by atoms with E-state index >= 15 is 0 Å². The highest BCUT2D eigenvalue weighted by Crippen LogP contribution is 2.32. The minimum atomic E-state index is -4.17. The molecule has 152 valence electrons. The molecule has 2 aromatic rings. The quantitative estimate of drug-likeness (QED) is 0.372. The first kappa shape index (κ1) is 21.8. The minimum Gasteiger partial charge on any atom is -0.489 e. The van der Waals surface area contributed by atoms with E-state index in [0.717, 1.165) is 22.9 Å². The van der Waals surface area contributed by atoms with Gasteiger partial charge in [-0.2, -0.15) is 8.42 Å². The van der Waals surface area contributed by atoms with Crippen LogP contribution in [0.25, 0.3) is 6.08 Å². The van der Waals surface area contributed by atoms with E-state index in [2.05, 4.69) is 0 Å². The van der Waals surface area contributed by atoms with Crippen LogP contribution in [0.15, 0.2) is 53.4 Å². The summed E-state index contributed by atoms with van der Waals surface area (Å²) in [6.07, 6.45) is 1.67. The number of hydrogen-bond acceptors (Lipinski definition) is 6. The Bertz CT molecular complexity index is 1070. The Morgan fingerprint density at radius 2 is 1.86 bits per heavy atom. The monoisotopic (exact) mass is 469 g/mol. The third-order valence-corrected chi connectivity index (χ3v) is 6.42. The number of nitrogens with zero attached hydrogens (tertiary/aromatic N) is 1. The van der Waals surface area contributed by atoms with Crippen LogP contribution >= 0.6 is 35.6 Å². The van der Waals surface area contributed by atoms with Crippen LogP contribution in [-0.2, 0) is 21.5 Å². The van der Waals surface area contributed by atoms with Crippen molar-refractivity contribution in [1.29, 1.82) is 0 Å². The molecular weight excluding hydrogens is 454 g/mol. The molecule has 0 aromatic heterocycles. The molecule has 10 heteroatoms. The SMILES string of the molecule is O=C1C(=Cc2ccc(OCc3ccccc3Cl)cc2)SC(=S)N1CCS(=O)(=O)O. The molecular formula is C19H16ClNO5S3. The molecule has 0 radical (unpaired) electrons. The van der Waals surface area contributed by atoms with Gasteiger partial charge in [0.25, 0.3) is 16.0 Å². The molecule has 3 rings (SSSR count). The largest absolute Gasteiger partial charge is 0.489 e. The molecule has 0 spiro atoms. The molecule has 1 saturated heterocycles. The van der Waals surface area contributed by atoms with E-state index in [1.54, 1.807) is 36.4 Å². The topological polar surface area (TPSA) is 83.9 Å². The Hall–Kier alpha value is -1.91. The van der Waals surface area contributed by atoms with Gasteiger partial charge in [-0.25, -0.2) is 0 Å². The third kappa shape index (κ3) is 6.03. The lowest BCUT2D eigenvalue weighted by atomic mass is 10.2. The molecule has 1 aliphatic rings. The molecule has 0 saturated carbocycles. The van der Waals surface area contributed by atoms with Gasteiger partial charge in [0, 0.05) is 17.1 Å². The summed E-state index contributed by atoms with van der Waals surface area (Å²) >= 11 is 12.3. The lowest BCUT2D eigenvalue weighted by molar-refractivity contribution is -0.121. The Labute approximate surface area is 183 Å². The van der Waals surface area contributed by atoms with E-state index in [1.165, 1.54) is 4.90 Å². The van der Waals surface area contributed by atoms with Crippen molar-refractivity contribution in [2.24, 2.45) is 0 Å². The van der Waals surface area contributed by atoms with E-state index in [9.17, 15) is 13.2 Å². The van der Waals surface area contributed by atoms with Gasteiger partial charge in [0.2, 0.25) is 0 Å². The van der Waals surface area contributed by atoms with Gasteiger partial charge in [-0.1, -0.05) is 65.9 Å². The number of amides is 1. The molecule has 2 aromatic carbocycles. The Morgan fingerprint density at radius 3 is 2.52 bits per heavy atom. The molecule has 0 bridgehead atoms. The number of halogens is 1. The van der Waals surface area contributed by atoms with Gasteiger partial charge in [-0.05, 0) is 29.8 Å². The van der Waals surface area contributed by atoms with Crippen LogP contribution in [-0.4, -0.2) is 40.4 Å². The number of thiocarbonyl (C=S) groups is 1. The summed E-state index contributed by atoms with van der Waals surface area (Å²) in [5, 5.41) is 0.639. The van der Waals surface area contributed by atoms with E-state index in [1.807, 2.05) is 18.2 Å². The van der Waals surface area contributed by atoms with Crippen molar-refractivity contribution in [1.82, 2.24) is 4.90 Å². The summed E-state index contributed by atoms with van der Waals surface area (Å²) < 4.78 is 36.6. The van der Waals surface area contributed by atoms with E-state index in [-0.39, 0.29) is 16.8 Å². The van der Waals surface area contributed by atoms with Crippen molar-refractivity contribution in [2.75, 3.05) is 12.3 Å². The molecule has 6 nitrogen and oxygen atoms in total. The molecule has 1 fully saturated rings. The Kier molecular flexibility index (Phi) is 6.97. The Balaban J connectivity index is 1.64. The summed E-state index contributed by atoms with van der Waals surface area (Å²) in [6, 6.07) is 14.6. The fraction of sp³-hybridized carbons (Fsp3) is 0.158. The van der Waals surface area contributed by atoms with Crippen molar-refractivity contribution in [3.05, 3.63) is 69.6 Å². The van der Waals surface area contributed by atoms with Crippen molar-refractivity contribution in [3.8, 4) is 5.75 Å². The second-order valence-electron chi connectivity index (χ2n) is 6.07. The zero-order valence-corrected chi connectivity index (χ0v) is 18.2. The van der Waals surface area contributed by atoms with E-state index in [4.69, 9.17) is 33.1 Å². The van der Waals surface area contributed by atoms with Crippen LogP contribution in [0.2, 0.25) is 5.02 Å². The number of carbonyl (C=O) groups excluding carboxylic acids is 1. The van der Waals surface area contributed by atoms with Gasteiger partial charge in [0.05, 0.1) is 10.7 Å². The van der Waals surface area contributed by atoms with Gasteiger partial charge >= 0.3 is 0 Å². The van der Waals surface area contributed by atoms with Crippen LogP contribution in [0, 0.1) is 0 Å². The van der Waals surface area contributed by atoms with Crippen LogP contribution in [0.3, 0.4) is 0 Å². The van der Waals surface area contributed by atoms with Gasteiger partial charge in [0.1, 0.15) is 16.7 Å². The number of rotatable bonds is 7. The van der Waals surface area contributed by atoms with Crippen LogP contribution in [0.4, 0.5) is 0 Å². The highest BCUT2D eigenvalue weighted by Gasteiger charge is 2.32. The number of hydrogen-bond donors (Lipinski definition) is 1. The molecule has 0 unspecified atom stereocenters. The van der Waals surface area contributed by atoms with E-state index in [0.29, 0.717) is 22.3 Å². The average molecular weight is 470 g/mol. The zero-order chi connectivity index (χ0) is 21.0. The third-order valence-electron chi connectivity index (χ3n) is 3.98. The van der Waals surface area contributed by atoms with Crippen LogP contribution in [0.5, 0.6) is 5.75 Å². The molecule has 1 N–H and O–H groups in total. The van der Waals surface area contributed by atoms with Crippen molar-refractivity contribution in [3.63, 3.8) is 0 Å². The normalized spacial score (nSPS) is 15.9. The second-order valence-corrected chi connectivity index (χ2v) is 9.72. The highest BCUT2D eigenvalue weighted by molar-refractivity contribution is 8.26. The summed E-state index contributed by atoms with van der Waals surface area (Å²) in [6.45, 7) is 0.154. The average Bonchev–Trinajstić information content (AvgIpc) is 2.93. The second kappa shape index (κ2) is 9.27. The van der Waals surface area contributed by atoms with Gasteiger partial charge < -0.3 is 4.74 Å². The number of thioether (sulfide) groups is 1. The maximum atomic E-state index is 12.4. The molecule has 0 aliphatic carbocycles. The molecule has 1 amide bonds. The maximum absolute atomic E-state index is 12.4. The molecule has 1 aliphatic heterocycles. The number of ether oxygens (including phenoxy) is 1. The summed E-state index contributed by atoms with van der Waals surface area (Å²) in [5.74, 6) is -0.296. The molecule has 29 heavy (non-hydrogen) atoms. The van der Waals surface area contributed by atoms with Gasteiger partial charge in [-0.15, -0.1) is 0 Å². The van der Waals surface area contributed by atoms with Crippen LogP contribution < -0.4 is 4.74 Å². The predicted molar refractivity (Wildman–Crippen MR) is 119 cm³/mol. The first-order valence-corrected chi connectivity index (χ1v) is 11.6. The molecule has 1 heterocycles. The predicted octanol–water partition coefficient (Wildman–Crippen LogP) is 4.01.